The molecule has 0 spiro atoms. The monoisotopic (exact) mass is 484 g/mol. The molecule has 0 N–H and O–H groups in total. The van der Waals surface area contributed by atoms with Gasteiger partial charge in [0.05, 0.1) is 0 Å². The first-order chi connectivity index (χ1) is 17.0. The van der Waals surface area contributed by atoms with Gasteiger partial charge in [-0.2, -0.15) is 0 Å². The van der Waals surface area contributed by atoms with Crippen molar-refractivity contribution in [3.63, 3.8) is 0 Å². The fraction of sp³-hybridized carbons (Fsp3) is 0.471. The van der Waals surface area contributed by atoms with Gasteiger partial charge in [-0.15, -0.1) is 7.92 Å². The van der Waals surface area contributed by atoms with E-state index in [1.165, 1.54) is 84.8 Å². The average Bonchev–Trinajstić information content (AvgIpc) is 2.88. The fourth-order valence-corrected chi connectivity index (χ4v) is 8.79. The first-order valence-electron chi connectivity index (χ1n) is 13.9. The molecule has 186 valence electrons. The Kier molecular flexibility index (Phi) is 9.62. The van der Waals surface area contributed by atoms with Gasteiger partial charge in [0.15, 0.2) is 0 Å². The zero-order valence-electron chi connectivity index (χ0n) is 22.5. The highest BCUT2D eigenvalue weighted by Crippen LogP contribution is 2.48. The molecule has 1 fully saturated rings. The first-order valence-corrected chi connectivity index (χ1v) is 15.8. The number of hydrogen-bond donors (Lipinski definition) is 0. The van der Waals surface area contributed by atoms with Gasteiger partial charge in [-0.05, 0) is 106 Å². The lowest BCUT2D eigenvalue weighted by atomic mass is 9.78. The highest BCUT2D eigenvalue weighted by atomic mass is 31.1. The number of aryl methyl sites for hydroxylation is 3. The summed E-state index contributed by atoms with van der Waals surface area (Å²) in [6.07, 6.45) is 12.5. The van der Waals surface area contributed by atoms with Crippen molar-refractivity contribution in [2.24, 2.45) is 0 Å². The second-order valence-electron chi connectivity index (χ2n) is 11.1. The molecule has 0 aliphatic carbocycles. The third-order valence-electron chi connectivity index (χ3n) is 8.20. The molecular weight excluding hydrogens is 439 g/mol. The topological polar surface area (TPSA) is 0 Å². The predicted molar refractivity (Wildman–Crippen MR) is 157 cm³/mol. The van der Waals surface area contributed by atoms with E-state index in [4.69, 9.17) is 0 Å². The smallest absolute Gasteiger partial charge is 0.0117 e. The van der Waals surface area contributed by atoms with E-state index in [2.05, 4.69) is 100 Å². The predicted octanol–water partition coefficient (Wildman–Crippen LogP) is 10.1. The van der Waals surface area contributed by atoms with Crippen molar-refractivity contribution in [1.82, 2.24) is 0 Å². The van der Waals surface area contributed by atoms with Crippen LogP contribution in [0.5, 0.6) is 0 Å². The lowest BCUT2D eigenvalue weighted by Crippen LogP contribution is -2.15. The lowest BCUT2D eigenvalue weighted by Gasteiger charge is -2.32. The van der Waals surface area contributed by atoms with Crippen LogP contribution in [-0.2, 0) is 0 Å². The Labute approximate surface area is 216 Å². The molecule has 0 bridgehead atoms. The van der Waals surface area contributed by atoms with Crippen molar-refractivity contribution in [3.05, 3.63) is 106 Å². The van der Waals surface area contributed by atoms with Crippen LogP contribution in [0.2, 0.25) is 0 Å². The Morgan fingerprint density at radius 1 is 0.543 bits per heavy atom. The molecular formula is C34H45P. The van der Waals surface area contributed by atoms with Gasteiger partial charge in [-0.1, -0.05) is 103 Å². The van der Waals surface area contributed by atoms with E-state index >= 15 is 0 Å². The minimum Gasteiger partial charge on any atom is -0.106 e. The SMILES string of the molecule is CCC(CC(CC(CP1CCCCC1)c1ccc(C)cc1)c1ccc(C)cc1)c1ccc(C)cc1. The molecule has 4 rings (SSSR count). The van der Waals surface area contributed by atoms with Crippen LogP contribution in [0.15, 0.2) is 72.8 Å². The van der Waals surface area contributed by atoms with Crippen molar-refractivity contribution in [3.8, 4) is 0 Å². The first kappa shape index (κ1) is 26.2. The third kappa shape index (κ3) is 7.54. The highest BCUT2D eigenvalue weighted by Gasteiger charge is 2.26. The van der Waals surface area contributed by atoms with Crippen molar-refractivity contribution in [1.29, 1.82) is 0 Å². The van der Waals surface area contributed by atoms with E-state index in [0.717, 1.165) is 0 Å². The van der Waals surface area contributed by atoms with Gasteiger partial charge in [-0.3, -0.25) is 0 Å². The molecule has 3 aromatic carbocycles. The second kappa shape index (κ2) is 12.9. The minimum absolute atomic E-state index is 0.182. The molecule has 0 amide bonds. The molecule has 1 aliphatic heterocycles. The van der Waals surface area contributed by atoms with E-state index in [9.17, 15) is 0 Å². The molecule has 1 heteroatoms. The van der Waals surface area contributed by atoms with Gasteiger partial charge in [0.25, 0.3) is 0 Å². The van der Waals surface area contributed by atoms with Gasteiger partial charge in [0, 0.05) is 0 Å². The van der Waals surface area contributed by atoms with Gasteiger partial charge in [-0.25, -0.2) is 0 Å². The summed E-state index contributed by atoms with van der Waals surface area (Å²) in [6.45, 7) is 8.99. The summed E-state index contributed by atoms with van der Waals surface area (Å²) < 4.78 is 0. The van der Waals surface area contributed by atoms with Gasteiger partial charge >= 0.3 is 0 Å². The molecule has 0 saturated carbocycles. The Balaban J connectivity index is 1.63. The standard InChI is InChI=1S/C34H45P/c1-5-29(30-15-9-26(2)10-16-30)23-33(31-17-11-27(3)12-18-31)24-34(25-35-21-7-6-8-22-35)32-19-13-28(4)14-20-32/h9-20,29,33-34H,5-8,21-25H2,1-4H3. The van der Waals surface area contributed by atoms with Crippen molar-refractivity contribution >= 4 is 7.92 Å². The van der Waals surface area contributed by atoms with Crippen LogP contribution in [0.25, 0.3) is 0 Å². The normalized spacial score (nSPS) is 17.1. The molecule has 3 unspecified atom stereocenters. The van der Waals surface area contributed by atoms with Crippen LogP contribution in [0.4, 0.5) is 0 Å². The van der Waals surface area contributed by atoms with Crippen molar-refractivity contribution < 1.29 is 0 Å². The zero-order chi connectivity index (χ0) is 24.6. The minimum atomic E-state index is 0.182. The van der Waals surface area contributed by atoms with Crippen LogP contribution in [-0.4, -0.2) is 18.5 Å². The van der Waals surface area contributed by atoms with Crippen LogP contribution < -0.4 is 0 Å². The number of benzene rings is 3. The van der Waals surface area contributed by atoms with Gasteiger partial charge in [0.2, 0.25) is 0 Å². The Hall–Kier alpha value is -1.91. The lowest BCUT2D eigenvalue weighted by molar-refractivity contribution is 0.468. The summed E-state index contributed by atoms with van der Waals surface area (Å²) >= 11 is 0. The van der Waals surface area contributed by atoms with Crippen LogP contribution in [0, 0.1) is 20.8 Å². The quantitative estimate of drug-likeness (QED) is 0.251. The summed E-state index contributed by atoms with van der Waals surface area (Å²) in [5, 5.41) is 0. The third-order valence-corrected chi connectivity index (χ3v) is 11.1. The van der Waals surface area contributed by atoms with E-state index in [1.54, 1.807) is 5.56 Å². The summed E-state index contributed by atoms with van der Waals surface area (Å²) in [5.41, 5.74) is 8.71. The van der Waals surface area contributed by atoms with Crippen LogP contribution in [0.1, 0.15) is 96.6 Å². The van der Waals surface area contributed by atoms with E-state index in [1.807, 2.05) is 0 Å². The van der Waals surface area contributed by atoms with E-state index < -0.39 is 0 Å². The molecule has 35 heavy (non-hydrogen) atoms. The maximum atomic E-state index is 2.43. The molecule has 3 aromatic rings. The molecule has 0 aromatic heterocycles. The van der Waals surface area contributed by atoms with Gasteiger partial charge in [0.1, 0.15) is 0 Å². The summed E-state index contributed by atoms with van der Waals surface area (Å²) in [7, 11) is 0.182. The zero-order valence-corrected chi connectivity index (χ0v) is 23.4. The van der Waals surface area contributed by atoms with Crippen LogP contribution >= 0.6 is 7.92 Å². The Morgan fingerprint density at radius 3 is 1.40 bits per heavy atom. The van der Waals surface area contributed by atoms with E-state index in [-0.39, 0.29) is 7.92 Å². The fourth-order valence-electron chi connectivity index (χ4n) is 5.88. The maximum absolute atomic E-state index is 2.43. The number of rotatable bonds is 10. The summed E-state index contributed by atoms with van der Waals surface area (Å²) in [4.78, 5) is 0. The summed E-state index contributed by atoms with van der Waals surface area (Å²) in [6, 6.07) is 28.3. The molecule has 1 aliphatic rings. The van der Waals surface area contributed by atoms with E-state index in [0.29, 0.717) is 17.8 Å². The molecule has 0 radical (unpaired) electrons. The largest absolute Gasteiger partial charge is 0.106 e. The van der Waals surface area contributed by atoms with Gasteiger partial charge < -0.3 is 0 Å². The molecule has 1 heterocycles. The maximum Gasteiger partial charge on any atom is -0.0117 e. The second-order valence-corrected chi connectivity index (χ2v) is 13.7. The molecule has 1 saturated heterocycles. The highest BCUT2D eigenvalue weighted by molar-refractivity contribution is 7.57. The number of hydrogen-bond acceptors (Lipinski definition) is 0. The summed E-state index contributed by atoms with van der Waals surface area (Å²) in [5.74, 6) is 1.87. The van der Waals surface area contributed by atoms with Crippen LogP contribution in [0.3, 0.4) is 0 Å². The molecule has 0 nitrogen and oxygen atoms in total. The average molecular weight is 485 g/mol. The van der Waals surface area contributed by atoms with Crippen molar-refractivity contribution in [2.75, 3.05) is 18.5 Å². The molecule has 3 atom stereocenters. The Bertz CT molecular complexity index is 1010. The van der Waals surface area contributed by atoms with Crippen molar-refractivity contribution in [2.45, 2.75) is 84.0 Å². The Morgan fingerprint density at radius 2 is 0.943 bits per heavy atom.